The summed E-state index contributed by atoms with van der Waals surface area (Å²) >= 11 is 5.91. The van der Waals surface area contributed by atoms with Crippen LogP contribution in [0.25, 0.3) is 0 Å². The lowest BCUT2D eigenvalue weighted by molar-refractivity contribution is 0.560. The Labute approximate surface area is 150 Å². The Hall–Kier alpha value is -1.27. The van der Waals surface area contributed by atoms with Crippen LogP contribution in [0.3, 0.4) is 0 Å². The van der Waals surface area contributed by atoms with E-state index in [-0.39, 0.29) is 18.3 Å². The van der Waals surface area contributed by atoms with E-state index in [9.17, 15) is 8.42 Å². The molecular formula is C17H28ClN3O2S. The third-order valence-electron chi connectivity index (χ3n) is 3.63. The van der Waals surface area contributed by atoms with E-state index in [1.165, 1.54) is 0 Å². The number of halogens is 1. The van der Waals surface area contributed by atoms with Crippen LogP contribution in [0.2, 0.25) is 5.02 Å². The normalized spacial score (nSPS) is 14.3. The van der Waals surface area contributed by atoms with Gasteiger partial charge in [0, 0.05) is 11.6 Å². The molecule has 1 atom stereocenters. The SMILES string of the molecule is CCNC(=NCCS(=O)(=O)C(C)(C)C)NC(C)c1ccc(Cl)cc1. The maximum Gasteiger partial charge on any atom is 0.191 e. The first-order valence-electron chi connectivity index (χ1n) is 8.09. The molecule has 1 rings (SSSR count). The van der Waals surface area contributed by atoms with Gasteiger partial charge in [-0.3, -0.25) is 4.99 Å². The summed E-state index contributed by atoms with van der Waals surface area (Å²) < 4.78 is 23.5. The van der Waals surface area contributed by atoms with E-state index in [0.717, 1.165) is 5.56 Å². The number of nitrogens with zero attached hydrogens (tertiary/aromatic N) is 1. The van der Waals surface area contributed by atoms with Gasteiger partial charge in [-0.15, -0.1) is 0 Å². The van der Waals surface area contributed by atoms with E-state index in [1.54, 1.807) is 20.8 Å². The fourth-order valence-electron chi connectivity index (χ4n) is 1.94. The number of hydrogen-bond donors (Lipinski definition) is 2. The zero-order valence-corrected chi connectivity index (χ0v) is 16.6. The topological polar surface area (TPSA) is 70.6 Å². The average Bonchev–Trinajstić information content (AvgIpc) is 2.46. The highest BCUT2D eigenvalue weighted by molar-refractivity contribution is 7.92. The molecule has 136 valence electrons. The highest BCUT2D eigenvalue weighted by Crippen LogP contribution is 2.17. The first-order chi connectivity index (χ1) is 11.1. The van der Waals surface area contributed by atoms with Crippen LogP contribution in [0.15, 0.2) is 29.3 Å². The second-order valence-corrected chi connectivity index (χ2v) is 9.91. The quantitative estimate of drug-likeness (QED) is 0.593. The summed E-state index contributed by atoms with van der Waals surface area (Å²) in [7, 11) is -3.17. The Kier molecular flexibility index (Phi) is 7.55. The molecule has 0 bridgehead atoms. The van der Waals surface area contributed by atoms with Crippen molar-refractivity contribution in [3.05, 3.63) is 34.9 Å². The molecule has 0 saturated heterocycles. The fourth-order valence-corrected chi connectivity index (χ4v) is 3.01. The molecule has 0 fully saturated rings. The zero-order valence-electron chi connectivity index (χ0n) is 15.1. The predicted octanol–water partition coefficient (Wildman–Crippen LogP) is 3.17. The molecule has 0 saturated carbocycles. The van der Waals surface area contributed by atoms with Crippen molar-refractivity contribution in [2.45, 2.75) is 45.4 Å². The van der Waals surface area contributed by atoms with Crippen molar-refractivity contribution in [3.8, 4) is 0 Å². The number of sulfone groups is 1. The van der Waals surface area contributed by atoms with Gasteiger partial charge in [-0.1, -0.05) is 23.7 Å². The van der Waals surface area contributed by atoms with Crippen LogP contribution in [0.1, 0.15) is 46.2 Å². The van der Waals surface area contributed by atoms with Crippen LogP contribution in [-0.2, 0) is 9.84 Å². The minimum absolute atomic E-state index is 0.0271. The smallest absolute Gasteiger partial charge is 0.191 e. The van der Waals surface area contributed by atoms with Gasteiger partial charge in [0.2, 0.25) is 0 Å². The van der Waals surface area contributed by atoms with Crippen molar-refractivity contribution in [2.75, 3.05) is 18.8 Å². The highest BCUT2D eigenvalue weighted by Gasteiger charge is 2.28. The van der Waals surface area contributed by atoms with E-state index < -0.39 is 14.6 Å². The minimum Gasteiger partial charge on any atom is -0.357 e. The van der Waals surface area contributed by atoms with E-state index in [4.69, 9.17) is 11.6 Å². The van der Waals surface area contributed by atoms with Crippen LogP contribution in [-0.4, -0.2) is 38.0 Å². The lowest BCUT2D eigenvalue weighted by atomic mass is 10.1. The molecule has 1 aromatic carbocycles. The monoisotopic (exact) mass is 373 g/mol. The summed E-state index contributed by atoms with van der Waals surface area (Å²) in [4.78, 5) is 4.38. The van der Waals surface area contributed by atoms with Crippen LogP contribution in [0.4, 0.5) is 0 Å². The summed E-state index contributed by atoms with van der Waals surface area (Å²) in [6, 6.07) is 7.62. The molecule has 0 aliphatic rings. The second kappa shape index (κ2) is 8.72. The molecule has 0 aliphatic heterocycles. The van der Waals surface area contributed by atoms with E-state index in [1.807, 2.05) is 38.1 Å². The van der Waals surface area contributed by atoms with Gasteiger partial charge in [0.1, 0.15) is 0 Å². The van der Waals surface area contributed by atoms with Crippen LogP contribution >= 0.6 is 11.6 Å². The lowest BCUT2D eigenvalue weighted by Gasteiger charge is -2.20. The van der Waals surface area contributed by atoms with Crippen molar-refractivity contribution in [3.63, 3.8) is 0 Å². The van der Waals surface area contributed by atoms with Gasteiger partial charge in [0.25, 0.3) is 0 Å². The molecule has 2 N–H and O–H groups in total. The van der Waals surface area contributed by atoms with Crippen molar-refractivity contribution < 1.29 is 8.42 Å². The van der Waals surface area contributed by atoms with Crippen LogP contribution < -0.4 is 10.6 Å². The van der Waals surface area contributed by atoms with Crippen molar-refractivity contribution in [1.29, 1.82) is 0 Å². The molecule has 5 nitrogen and oxygen atoms in total. The standard InChI is InChI=1S/C17H28ClN3O2S/c1-6-19-16(20-11-12-24(22,23)17(3,4)5)21-13(2)14-7-9-15(18)10-8-14/h7-10,13H,6,11-12H2,1-5H3,(H2,19,20,21). The summed E-state index contributed by atoms with van der Waals surface area (Å²) in [5, 5.41) is 7.11. The van der Waals surface area contributed by atoms with Crippen LogP contribution in [0.5, 0.6) is 0 Å². The molecular weight excluding hydrogens is 346 g/mol. The van der Waals surface area contributed by atoms with Gasteiger partial charge >= 0.3 is 0 Å². The summed E-state index contributed by atoms with van der Waals surface area (Å²) in [5.41, 5.74) is 1.08. The Balaban J connectivity index is 2.74. The largest absolute Gasteiger partial charge is 0.357 e. The minimum atomic E-state index is -3.17. The predicted molar refractivity (Wildman–Crippen MR) is 103 cm³/mol. The highest BCUT2D eigenvalue weighted by atomic mass is 35.5. The molecule has 1 unspecified atom stereocenters. The number of benzene rings is 1. The third-order valence-corrected chi connectivity index (χ3v) is 6.47. The molecule has 0 heterocycles. The van der Waals surface area contributed by atoms with Gasteiger partial charge in [-0.2, -0.15) is 0 Å². The number of aliphatic imine (C=N–C) groups is 1. The molecule has 0 aromatic heterocycles. The molecule has 0 aliphatic carbocycles. The van der Waals surface area contributed by atoms with Gasteiger partial charge in [-0.25, -0.2) is 8.42 Å². The van der Waals surface area contributed by atoms with Gasteiger partial charge in [-0.05, 0) is 52.3 Å². The zero-order chi connectivity index (χ0) is 18.4. The molecule has 7 heteroatoms. The average molecular weight is 374 g/mol. The Morgan fingerprint density at radius 3 is 2.33 bits per heavy atom. The first-order valence-corrected chi connectivity index (χ1v) is 10.1. The van der Waals surface area contributed by atoms with Crippen molar-refractivity contribution >= 4 is 27.4 Å². The van der Waals surface area contributed by atoms with E-state index >= 15 is 0 Å². The molecule has 1 aromatic rings. The number of nitrogens with one attached hydrogen (secondary N) is 2. The van der Waals surface area contributed by atoms with Gasteiger partial charge < -0.3 is 10.6 Å². The van der Waals surface area contributed by atoms with E-state index in [2.05, 4.69) is 15.6 Å². The number of guanidine groups is 1. The van der Waals surface area contributed by atoms with Crippen molar-refractivity contribution in [2.24, 2.45) is 4.99 Å². The van der Waals surface area contributed by atoms with Gasteiger partial charge in [0.05, 0.1) is 23.1 Å². The maximum atomic E-state index is 12.1. The van der Waals surface area contributed by atoms with Crippen molar-refractivity contribution in [1.82, 2.24) is 10.6 Å². The summed E-state index contributed by atoms with van der Waals surface area (Å²) in [6.07, 6.45) is 0. The molecule has 0 amide bonds. The van der Waals surface area contributed by atoms with Crippen LogP contribution in [0, 0.1) is 0 Å². The van der Waals surface area contributed by atoms with Gasteiger partial charge in [0.15, 0.2) is 15.8 Å². The summed E-state index contributed by atoms with van der Waals surface area (Å²) in [5.74, 6) is 0.631. The Morgan fingerprint density at radius 1 is 1.25 bits per heavy atom. The molecule has 24 heavy (non-hydrogen) atoms. The lowest BCUT2D eigenvalue weighted by Crippen LogP contribution is -2.39. The summed E-state index contributed by atoms with van der Waals surface area (Å²) in [6.45, 7) is 10.0. The number of hydrogen-bond acceptors (Lipinski definition) is 3. The fraction of sp³-hybridized carbons (Fsp3) is 0.588. The maximum absolute atomic E-state index is 12.1. The Bertz CT molecular complexity index is 649. The third kappa shape index (κ3) is 6.32. The molecule has 0 radical (unpaired) electrons. The van der Waals surface area contributed by atoms with E-state index in [0.29, 0.717) is 17.5 Å². The second-order valence-electron chi connectivity index (χ2n) is 6.61. The molecule has 0 spiro atoms. The number of rotatable bonds is 6. The first kappa shape index (κ1) is 20.8. The Morgan fingerprint density at radius 2 is 1.83 bits per heavy atom.